The molecule has 3 unspecified atom stereocenters. The van der Waals surface area contributed by atoms with Crippen LogP contribution in [-0.4, -0.2) is 27.7 Å². The van der Waals surface area contributed by atoms with E-state index in [9.17, 15) is 0 Å². The second-order valence-electron chi connectivity index (χ2n) is 9.06. The highest BCUT2D eigenvalue weighted by atomic mass is 16.5. The summed E-state index contributed by atoms with van der Waals surface area (Å²) in [6, 6.07) is 0. The number of ether oxygens (including phenoxy) is 1. The van der Waals surface area contributed by atoms with Crippen molar-refractivity contribution in [3.63, 3.8) is 0 Å². The van der Waals surface area contributed by atoms with E-state index < -0.39 is 0 Å². The third-order valence-electron chi connectivity index (χ3n) is 5.84. The van der Waals surface area contributed by atoms with Crippen molar-refractivity contribution in [1.82, 2.24) is 15.0 Å². The minimum absolute atomic E-state index is 0.0719. The Labute approximate surface area is 149 Å². The van der Waals surface area contributed by atoms with Crippen LogP contribution < -0.4 is 0 Å². The molecule has 24 heavy (non-hydrogen) atoms. The van der Waals surface area contributed by atoms with E-state index in [4.69, 9.17) is 4.74 Å². The van der Waals surface area contributed by atoms with Crippen molar-refractivity contribution in [3.8, 4) is 0 Å². The van der Waals surface area contributed by atoms with Crippen LogP contribution in [0, 0.1) is 17.3 Å². The van der Waals surface area contributed by atoms with Crippen LogP contribution in [0.1, 0.15) is 87.3 Å². The van der Waals surface area contributed by atoms with Crippen molar-refractivity contribution in [2.45, 2.75) is 93.2 Å². The average molecular weight is 338 g/mol. The molecule has 4 nitrogen and oxygen atoms in total. The van der Waals surface area contributed by atoms with E-state index in [1.54, 1.807) is 0 Å². The number of aromatic nitrogens is 3. The molecule has 0 radical (unpaired) electrons. The molecule has 0 bridgehead atoms. The molecule has 1 aromatic rings. The maximum absolute atomic E-state index is 5.84. The highest BCUT2D eigenvalue weighted by molar-refractivity contribution is 5.04. The lowest BCUT2D eigenvalue weighted by Gasteiger charge is -2.38. The van der Waals surface area contributed by atoms with Crippen LogP contribution in [0.15, 0.2) is 6.20 Å². The molecule has 0 N–H and O–H groups in total. The molecule has 1 aromatic heterocycles. The highest BCUT2D eigenvalue weighted by Gasteiger charge is 2.36. The molecule has 0 spiro atoms. The Morgan fingerprint density at radius 3 is 2.17 bits per heavy atom. The fraction of sp³-hybridized carbons (Fsp3) is 0.900. The Morgan fingerprint density at radius 1 is 1.08 bits per heavy atom. The van der Waals surface area contributed by atoms with Crippen molar-refractivity contribution in [2.75, 3.05) is 6.61 Å². The van der Waals surface area contributed by atoms with Gasteiger partial charge in [-0.25, -0.2) is 4.68 Å². The molecule has 4 heteroatoms. The van der Waals surface area contributed by atoms with Gasteiger partial charge in [-0.3, -0.25) is 0 Å². The zero-order valence-electron chi connectivity index (χ0n) is 17.6. The number of hydrogen-bond acceptors (Lipinski definition) is 3. The van der Waals surface area contributed by atoms with Crippen LogP contribution in [0.5, 0.6) is 0 Å². The summed E-state index contributed by atoms with van der Waals surface area (Å²) in [5.74, 6) is 1.65. The number of nitrogens with zero attached hydrogens (tertiary/aromatic N) is 3. The van der Waals surface area contributed by atoms with E-state index >= 15 is 0 Å². The van der Waals surface area contributed by atoms with Crippen molar-refractivity contribution in [2.24, 2.45) is 17.3 Å². The fourth-order valence-electron chi connectivity index (χ4n) is 3.44. The van der Waals surface area contributed by atoms with Crippen LogP contribution in [0.25, 0.3) is 0 Å². The lowest BCUT2D eigenvalue weighted by Crippen LogP contribution is -2.39. The van der Waals surface area contributed by atoms with E-state index in [1.807, 2.05) is 4.68 Å². The Hall–Kier alpha value is -0.900. The molecule has 0 aliphatic carbocycles. The average Bonchev–Trinajstić information content (AvgIpc) is 2.95. The van der Waals surface area contributed by atoms with E-state index in [-0.39, 0.29) is 17.1 Å². The van der Waals surface area contributed by atoms with E-state index in [1.165, 1.54) is 0 Å². The third-order valence-corrected chi connectivity index (χ3v) is 5.84. The SMILES string of the molecule is CCOC(C)C(C)(C)CC(C)(C)n1cc(C(C)C(C)C(C)C)nn1. The van der Waals surface area contributed by atoms with Gasteiger partial charge in [0.05, 0.1) is 17.3 Å². The van der Waals surface area contributed by atoms with Gasteiger partial charge >= 0.3 is 0 Å². The van der Waals surface area contributed by atoms with Crippen LogP contribution in [0.3, 0.4) is 0 Å². The van der Waals surface area contributed by atoms with E-state index in [0.717, 1.165) is 18.7 Å². The smallest absolute Gasteiger partial charge is 0.0858 e. The summed E-state index contributed by atoms with van der Waals surface area (Å²) in [4.78, 5) is 0. The van der Waals surface area contributed by atoms with Gasteiger partial charge in [0.1, 0.15) is 0 Å². The van der Waals surface area contributed by atoms with Gasteiger partial charge in [-0.2, -0.15) is 0 Å². The van der Waals surface area contributed by atoms with Crippen LogP contribution >= 0.6 is 0 Å². The molecule has 1 heterocycles. The first-order valence-electron chi connectivity index (χ1n) is 9.46. The van der Waals surface area contributed by atoms with Gasteiger partial charge in [0.25, 0.3) is 0 Å². The second kappa shape index (κ2) is 7.99. The summed E-state index contributed by atoms with van der Waals surface area (Å²) >= 11 is 0. The molecule has 3 atom stereocenters. The number of rotatable bonds is 9. The molecule has 0 aromatic carbocycles. The summed E-state index contributed by atoms with van der Waals surface area (Å²) in [6.45, 7) is 23.1. The Balaban J connectivity index is 2.92. The molecular formula is C20H39N3O. The van der Waals surface area contributed by atoms with Gasteiger partial charge in [-0.05, 0) is 51.4 Å². The summed E-state index contributed by atoms with van der Waals surface area (Å²) in [5, 5.41) is 8.94. The topological polar surface area (TPSA) is 39.9 Å². The Morgan fingerprint density at radius 2 is 1.67 bits per heavy atom. The molecule has 0 amide bonds. The van der Waals surface area contributed by atoms with Gasteiger partial charge in [-0.15, -0.1) is 5.10 Å². The van der Waals surface area contributed by atoms with Crippen LogP contribution in [0.4, 0.5) is 0 Å². The lowest BCUT2D eigenvalue weighted by molar-refractivity contribution is -0.0265. The molecule has 0 saturated heterocycles. The Bertz CT molecular complexity index is 505. The van der Waals surface area contributed by atoms with Crippen molar-refractivity contribution in [3.05, 3.63) is 11.9 Å². The summed E-state index contributed by atoms with van der Waals surface area (Å²) in [5.41, 5.74) is 1.07. The lowest BCUT2D eigenvalue weighted by atomic mass is 9.76. The first kappa shape index (κ1) is 21.1. The van der Waals surface area contributed by atoms with Gasteiger partial charge in [0.2, 0.25) is 0 Å². The fourth-order valence-corrected chi connectivity index (χ4v) is 3.44. The van der Waals surface area contributed by atoms with Crippen LogP contribution in [0.2, 0.25) is 0 Å². The Kier molecular flexibility index (Phi) is 7.04. The molecule has 0 aliphatic rings. The first-order chi connectivity index (χ1) is 10.9. The number of hydrogen-bond donors (Lipinski definition) is 0. The standard InChI is InChI=1S/C20H39N3O/c1-11-24-17(6)19(7,8)13-20(9,10)23-12-18(21-22-23)16(5)15(4)14(2)3/h12,14-17H,11,13H2,1-10H3. The van der Waals surface area contributed by atoms with Crippen molar-refractivity contribution < 1.29 is 4.74 Å². The molecule has 0 saturated carbocycles. The maximum Gasteiger partial charge on any atom is 0.0858 e. The van der Waals surface area contributed by atoms with Gasteiger partial charge in [-0.1, -0.05) is 46.8 Å². The van der Waals surface area contributed by atoms with E-state index in [2.05, 4.69) is 85.7 Å². The van der Waals surface area contributed by atoms with Gasteiger partial charge < -0.3 is 4.74 Å². The highest BCUT2D eigenvalue weighted by Crippen LogP contribution is 2.37. The minimum Gasteiger partial charge on any atom is -0.378 e. The molecular weight excluding hydrogens is 298 g/mol. The zero-order chi connectivity index (χ0) is 18.7. The first-order valence-corrected chi connectivity index (χ1v) is 9.46. The van der Waals surface area contributed by atoms with Crippen molar-refractivity contribution in [1.29, 1.82) is 0 Å². The quantitative estimate of drug-likeness (QED) is 0.618. The molecule has 0 aliphatic heterocycles. The maximum atomic E-state index is 5.84. The molecule has 0 fully saturated rings. The van der Waals surface area contributed by atoms with Gasteiger partial charge in [0.15, 0.2) is 0 Å². The van der Waals surface area contributed by atoms with Crippen LogP contribution in [-0.2, 0) is 10.3 Å². The summed E-state index contributed by atoms with van der Waals surface area (Å²) < 4.78 is 7.89. The predicted octanol–water partition coefficient (Wildman–Crippen LogP) is 5.25. The predicted molar refractivity (Wildman–Crippen MR) is 101 cm³/mol. The van der Waals surface area contributed by atoms with Crippen molar-refractivity contribution >= 4 is 0 Å². The minimum atomic E-state index is -0.0963. The summed E-state index contributed by atoms with van der Waals surface area (Å²) in [6.07, 6.45) is 3.34. The van der Waals surface area contributed by atoms with Gasteiger partial charge in [0, 0.05) is 18.7 Å². The zero-order valence-corrected chi connectivity index (χ0v) is 17.6. The summed E-state index contributed by atoms with van der Waals surface area (Å²) in [7, 11) is 0. The largest absolute Gasteiger partial charge is 0.378 e. The second-order valence-corrected chi connectivity index (χ2v) is 9.06. The molecule has 140 valence electrons. The normalized spacial score (nSPS) is 17.1. The third kappa shape index (κ3) is 5.05. The molecule has 1 rings (SSSR count). The monoisotopic (exact) mass is 337 g/mol. The van der Waals surface area contributed by atoms with E-state index in [0.29, 0.717) is 17.8 Å².